The highest BCUT2D eigenvalue weighted by atomic mass is 32.1. The van der Waals surface area contributed by atoms with Crippen LogP contribution in [0.15, 0.2) is 35.7 Å². The summed E-state index contributed by atoms with van der Waals surface area (Å²) in [6, 6.07) is 11.6. The van der Waals surface area contributed by atoms with Gasteiger partial charge in [-0.1, -0.05) is 19.1 Å². The highest BCUT2D eigenvalue weighted by Gasteiger charge is 2.20. The fourth-order valence-electron chi connectivity index (χ4n) is 2.42. The van der Waals surface area contributed by atoms with Gasteiger partial charge in [-0.25, -0.2) is 0 Å². The molecule has 2 aromatic rings. The van der Waals surface area contributed by atoms with Crippen LogP contribution in [0.1, 0.15) is 33.3 Å². The number of carbonyl (C=O) groups excluding carboxylic acids is 1. The average Bonchev–Trinajstić information content (AvgIpc) is 3.07. The van der Waals surface area contributed by atoms with Gasteiger partial charge in [-0.05, 0) is 55.2 Å². The van der Waals surface area contributed by atoms with Gasteiger partial charge in [-0.3, -0.25) is 4.79 Å². The number of rotatable bonds is 7. The average molecular weight is 341 g/mol. The highest BCUT2D eigenvalue weighted by Crippen LogP contribution is 2.21. The molecule has 24 heavy (non-hydrogen) atoms. The van der Waals surface area contributed by atoms with Gasteiger partial charge >= 0.3 is 0 Å². The van der Waals surface area contributed by atoms with E-state index in [0.717, 1.165) is 29.0 Å². The quantitative estimate of drug-likeness (QED) is 0.775. The first-order valence-electron chi connectivity index (χ1n) is 8.04. The number of aryl methyl sites for hydroxylation is 1. The van der Waals surface area contributed by atoms with E-state index in [2.05, 4.69) is 17.9 Å². The van der Waals surface area contributed by atoms with Gasteiger partial charge in [0.15, 0.2) is 0 Å². The molecule has 0 spiro atoms. The molecule has 1 aromatic heterocycles. The first-order chi connectivity index (χ1) is 11.5. The van der Waals surface area contributed by atoms with Gasteiger partial charge in [0.05, 0.1) is 16.5 Å². The summed E-state index contributed by atoms with van der Waals surface area (Å²) in [4.78, 5) is 17.8. The maximum Gasteiger partial charge on any atom is 0.264 e. The molecule has 0 bridgehead atoms. The zero-order chi connectivity index (χ0) is 17.5. The molecule has 2 rings (SSSR count). The first-order valence-corrected chi connectivity index (χ1v) is 8.92. The molecule has 0 aliphatic rings. The molecule has 126 valence electrons. The SMILES string of the molecule is CCc1ccsc1C(=O)N(CCN(C)C)Cc1ccc(C#N)cc1. The van der Waals surface area contributed by atoms with Crippen LogP contribution < -0.4 is 0 Å². The minimum Gasteiger partial charge on any atom is -0.332 e. The molecule has 4 nitrogen and oxygen atoms in total. The lowest BCUT2D eigenvalue weighted by atomic mass is 10.1. The van der Waals surface area contributed by atoms with Gasteiger partial charge in [-0.15, -0.1) is 11.3 Å². The number of benzene rings is 1. The maximum atomic E-state index is 13.0. The summed E-state index contributed by atoms with van der Waals surface area (Å²) in [6.07, 6.45) is 0.864. The van der Waals surface area contributed by atoms with E-state index >= 15 is 0 Å². The Labute approximate surface area is 147 Å². The van der Waals surface area contributed by atoms with Crippen LogP contribution in [-0.4, -0.2) is 42.9 Å². The van der Waals surface area contributed by atoms with Crippen LogP contribution in [0.4, 0.5) is 0 Å². The molecule has 1 aromatic carbocycles. The van der Waals surface area contributed by atoms with Crippen molar-refractivity contribution in [1.29, 1.82) is 5.26 Å². The molecule has 0 aliphatic heterocycles. The molecule has 1 heterocycles. The van der Waals surface area contributed by atoms with E-state index < -0.39 is 0 Å². The van der Waals surface area contributed by atoms with E-state index in [0.29, 0.717) is 18.7 Å². The summed E-state index contributed by atoms with van der Waals surface area (Å²) >= 11 is 1.51. The molecule has 1 amide bonds. The van der Waals surface area contributed by atoms with Crippen LogP contribution in [-0.2, 0) is 13.0 Å². The molecule has 0 fully saturated rings. The molecular weight excluding hydrogens is 318 g/mol. The van der Waals surface area contributed by atoms with Crippen molar-refractivity contribution < 1.29 is 4.79 Å². The predicted octanol–water partition coefficient (Wildman–Crippen LogP) is 3.39. The van der Waals surface area contributed by atoms with E-state index in [4.69, 9.17) is 5.26 Å². The Morgan fingerprint density at radius 1 is 1.17 bits per heavy atom. The lowest BCUT2D eigenvalue weighted by Crippen LogP contribution is -2.36. The number of thiophene rings is 1. The van der Waals surface area contributed by atoms with E-state index in [9.17, 15) is 4.79 Å². The number of hydrogen-bond donors (Lipinski definition) is 0. The second-order valence-electron chi connectivity index (χ2n) is 5.97. The molecule has 0 radical (unpaired) electrons. The molecule has 0 atom stereocenters. The molecule has 0 unspecified atom stereocenters. The lowest BCUT2D eigenvalue weighted by molar-refractivity contribution is 0.0736. The van der Waals surface area contributed by atoms with E-state index in [1.807, 2.05) is 42.6 Å². The third kappa shape index (κ3) is 4.67. The summed E-state index contributed by atoms with van der Waals surface area (Å²) in [5.74, 6) is 0.0908. The van der Waals surface area contributed by atoms with Gasteiger partial charge in [0.1, 0.15) is 0 Å². The number of nitriles is 1. The Hall–Kier alpha value is -2.16. The molecule has 0 aliphatic carbocycles. The zero-order valence-electron chi connectivity index (χ0n) is 14.5. The fraction of sp³-hybridized carbons (Fsp3) is 0.368. The number of amides is 1. The van der Waals surface area contributed by atoms with Crippen molar-refractivity contribution in [3.8, 4) is 6.07 Å². The Morgan fingerprint density at radius 2 is 1.88 bits per heavy atom. The predicted molar refractivity (Wildman–Crippen MR) is 98.1 cm³/mol. The van der Waals surface area contributed by atoms with Crippen molar-refractivity contribution in [2.24, 2.45) is 0 Å². The van der Waals surface area contributed by atoms with Crippen molar-refractivity contribution >= 4 is 17.2 Å². The maximum absolute atomic E-state index is 13.0. The van der Waals surface area contributed by atoms with E-state index in [-0.39, 0.29) is 5.91 Å². The zero-order valence-corrected chi connectivity index (χ0v) is 15.3. The van der Waals surface area contributed by atoms with Crippen molar-refractivity contribution in [3.63, 3.8) is 0 Å². The second kappa shape index (κ2) is 8.62. The van der Waals surface area contributed by atoms with Gasteiger partial charge < -0.3 is 9.80 Å². The van der Waals surface area contributed by atoms with Crippen LogP contribution in [0, 0.1) is 11.3 Å². The number of carbonyl (C=O) groups is 1. The topological polar surface area (TPSA) is 47.3 Å². The largest absolute Gasteiger partial charge is 0.332 e. The van der Waals surface area contributed by atoms with Gasteiger partial charge in [0, 0.05) is 19.6 Å². The van der Waals surface area contributed by atoms with Crippen molar-refractivity contribution in [2.45, 2.75) is 19.9 Å². The van der Waals surface area contributed by atoms with Crippen molar-refractivity contribution in [3.05, 3.63) is 57.3 Å². The Morgan fingerprint density at radius 3 is 2.46 bits per heavy atom. The number of likely N-dealkylation sites (N-methyl/N-ethyl adjacent to an activating group) is 1. The molecule has 0 saturated heterocycles. The monoisotopic (exact) mass is 341 g/mol. The minimum absolute atomic E-state index is 0.0908. The molecular formula is C19H23N3OS. The number of hydrogen-bond acceptors (Lipinski definition) is 4. The molecule has 0 saturated carbocycles. The second-order valence-corrected chi connectivity index (χ2v) is 6.88. The molecule has 0 N–H and O–H groups in total. The minimum atomic E-state index is 0.0908. The Bertz CT molecular complexity index is 713. The fourth-order valence-corrected chi connectivity index (χ4v) is 3.39. The lowest BCUT2D eigenvalue weighted by Gasteiger charge is -2.24. The van der Waals surface area contributed by atoms with Crippen LogP contribution >= 0.6 is 11.3 Å². The third-order valence-corrected chi connectivity index (χ3v) is 4.83. The van der Waals surface area contributed by atoms with Crippen LogP contribution in [0.5, 0.6) is 0 Å². The van der Waals surface area contributed by atoms with Gasteiger partial charge in [0.25, 0.3) is 5.91 Å². The number of nitrogens with zero attached hydrogens (tertiary/aromatic N) is 3. The van der Waals surface area contributed by atoms with E-state index in [1.165, 1.54) is 11.3 Å². The highest BCUT2D eigenvalue weighted by molar-refractivity contribution is 7.12. The normalized spacial score (nSPS) is 10.6. The summed E-state index contributed by atoms with van der Waals surface area (Å²) in [5.41, 5.74) is 2.78. The third-order valence-electron chi connectivity index (χ3n) is 3.88. The van der Waals surface area contributed by atoms with Crippen molar-refractivity contribution in [2.75, 3.05) is 27.2 Å². The van der Waals surface area contributed by atoms with Crippen LogP contribution in [0.2, 0.25) is 0 Å². The van der Waals surface area contributed by atoms with Crippen molar-refractivity contribution in [1.82, 2.24) is 9.80 Å². The smallest absolute Gasteiger partial charge is 0.264 e. The van der Waals surface area contributed by atoms with Gasteiger partial charge in [-0.2, -0.15) is 5.26 Å². The van der Waals surface area contributed by atoms with Crippen LogP contribution in [0.25, 0.3) is 0 Å². The van der Waals surface area contributed by atoms with Gasteiger partial charge in [0.2, 0.25) is 0 Å². The first kappa shape index (κ1) is 18.2. The summed E-state index contributed by atoms with van der Waals surface area (Å²) < 4.78 is 0. The summed E-state index contributed by atoms with van der Waals surface area (Å²) in [5, 5.41) is 10.9. The molecule has 5 heteroatoms. The standard InChI is InChI=1S/C19H23N3OS/c1-4-17-9-12-24-18(17)19(23)22(11-10-21(2)3)14-16-7-5-15(13-20)6-8-16/h5-9,12H,4,10-11,14H2,1-3H3. The summed E-state index contributed by atoms with van der Waals surface area (Å²) in [6.45, 7) is 4.12. The van der Waals surface area contributed by atoms with Crippen LogP contribution in [0.3, 0.4) is 0 Å². The summed E-state index contributed by atoms with van der Waals surface area (Å²) in [7, 11) is 4.01. The van der Waals surface area contributed by atoms with E-state index in [1.54, 1.807) is 12.1 Å². The Kier molecular flexibility index (Phi) is 6.53. The Balaban J connectivity index is 2.20.